The van der Waals surface area contributed by atoms with Gasteiger partial charge in [0, 0.05) is 0 Å². The normalized spacial score (nSPS) is 22.9. The molecule has 3 nitrogen and oxygen atoms in total. The molecule has 1 fully saturated rings. The van der Waals surface area contributed by atoms with Crippen LogP contribution in [-0.2, 0) is 4.57 Å². The monoisotopic (exact) mass is 222 g/mol. The van der Waals surface area contributed by atoms with Gasteiger partial charge in [-0.3, -0.25) is 4.57 Å². The van der Waals surface area contributed by atoms with E-state index in [9.17, 15) is 4.57 Å². The minimum Gasteiger partial charge on any atom is -0.323 e. The molecule has 1 saturated heterocycles. The van der Waals surface area contributed by atoms with Crippen LogP contribution in [0.2, 0.25) is 0 Å². The summed E-state index contributed by atoms with van der Waals surface area (Å²) in [6, 6.07) is 0. The Morgan fingerprint density at radius 3 is 1.89 bits per heavy atom. The first-order valence-electron chi connectivity index (χ1n) is 1.81. The lowest BCUT2D eigenvalue weighted by atomic mass is 11.9. The van der Waals surface area contributed by atoms with Crippen molar-refractivity contribution in [2.75, 3.05) is 0 Å². The molecule has 1 rings (SSSR count). The molecular formula is CH3O3PS4. The molecule has 1 aliphatic heterocycles. The zero-order chi connectivity index (χ0) is 6.91. The van der Waals surface area contributed by atoms with Crippen molar-refractivity contribution in [1.29, 1.82) is 0 Å². The smallest absolute Gasteiger partial charge is 0.323 e. The molecule has 2 N–H and O–H groups in total. The lowest BCUT2D eigenvalue weighted by Gasteiger charge is -2.05. The van der Waals surface area contributed by atoms with Crippen molar-refractivity contribution in [1.82, 2.24) is 0 Å². The van der Waals surface area contributed by atoms with Gasteiger partial charge in [0.05, 0.1) is 0 Å². The summed E-state index contributed by atoms with van der Waals surface area (Å²) in [5, 5.41) is 0. The molecule has 0 radical (unpaired) electrons. The fourth-order valence-electron chi connectivity index (χ4n) is 0.227. The highest BCUT2D eigenvalue weighted by atomic mass is 33.7. The minimum atomic E-state index is -3.83. The van der Waals surface area contributed by atoms with Crippen LogP contribution >= 0.6 is 48.8 Å². The molecule has 54 valence electrons. The maximum absolute atomic E-state index is 10.5. The van der Waals surface area contributed by atoms with Crippen molar-refractivity contribution in [2.45, 2.75) is 4.32 Å². The van der Waals surface area contributed by atoms with Crippen LogP contribution in [0, 0.1) is 0 Å². The van der Waals surface area contributed by atoms with Crippen molar-refractivity contribution in [3.05, 3.63) is 0 Å². The van der Waals surface area contributed by atoms with E-state index in [1.807, 2.05) is 0 Å². The van der Waals surface area contributed by atoms with Crippen LogP contribution in [0.5, 0.6) is 0 Å². The van der Waals surface area contributed by atoms with Gasteiger partial charge in [0.2, 0.25) is 0 Å². The molecule has 0 bridgehead atoms. The third-order valence-corrected chi connectivity index (χ3v) is 11.3. The molecule has 9 heavy (non-hydrogen) atoms. The van der Waals surface area contributed by atoms with Gasteiger partial charge in [-0.05, 0) is 19.7 Å². The first-order chi connectivity index (χ1) is 4.11. The summed E-state index contributed by atoms with van der Waals surface area (Å²) in [5.74, 6) is 0. The van der Waals surface area contributed by atoms with Gasteiger partial charge in [-0.15, -0.1) is 0 Å². The van der Waals surface area contributed by atoms with E-state index in [1.165, 1.54) is 41.2 Å². The van der Waals surface area contributed by atoms with Crippen LogP contribution in [-0.4, -0.2) is 14.1 Å². The van der Waals surface area contributed by atoms with Gasteiger partial charge >= 0.3 is 7.60 Å². The quantitative estimate of drug-likeness (QED) is 0.520. The minimum absolute atomic E-state index is 0.563. The van der Waals surface area contributed by atoms with Gasteiger partial charge in [0.25, 0.3) is 0 Å². The average Bonchev–Trinajstić information content (AvgIpc) is 2.08. The zero-order valence-electron chi connectivity index (χ0n) is 3.96. The molecular weight excluding hydrogens is 219 g/mol. The fourth-order valence-corrected chi connectivity index (χ4v) is 12.4. The van der Waals surface area contributed by atoms with E-state index in [4.69, 9.17) is 9.79 Å². The van der Waals surface area contributed by atoms with Gasteiger partial charge in [0.1, 0.15) is 0 Å². The summed E-state index contributed by atoms with van der Waals surface area (Å²) < 4.78 is 9.90. The molecule has 0 aromatic heterocycles. The van der Waals surface area contributed by atoms with E-state index in [0.29, 0.717) is 0 Å². The maximum Gasteiger partial charge on any atom is 0.350 e. The van der Waals surface area contributed by atoms with Crippen molar-refractivity contribution >= 4 is 48.8 Å². The molecule has 0 unspecified atom stereocenters. The standard InChI is InChI=1S/CH3O3PS4/c2-5(3,4)1-6-8-9-7-1/h1H,(H2,2,3,4). The Morgan fingerprint density at radius 2 is 1.67 bits per heavy atom. The summed E-state index contributed by atoms with van der Waals surface area (Å²) in [6.45, 7) is 0. The highest BCUT2D eigenvalue weighted by molar-refractivity contribution is 9.31. The maximum atomic E-state index is 10.5. The van der Waals surface area contributed by atoms with Gasteiger partial charge in [0.15, 0.2) is 4.32 Å². The van der Waals surface area contributed by atoms with Gasteiger partial charge in [-0.2, -0.15) is 0 Å². The van der Waals surface area contributed by atoms with Crippen molar-refractivity contribution in [3.63, 3.8) is 0 Å². The third kappa shape index (κ3) is 2.57. The summed E-state index contributed by atoms with van der Waals surface area (Å²) >= 11 is 0. The van der Waals surface area contributed by atoms with E-state index in [-0.39, 0.29) is 0 Å². The van der Waals surface area contributed by atoms with E-state index in [2.05, 4.69) is 0 Å². The first-order valence-corrected chi connectivity index (χ1v) is 8.44. The Labute approximate surface area is 67.5 Å². The number of hydrogen-bond acceptors (Lipinski definition) is 5. The molecule has 0 spiro atoms. The van der Waals surface area contributed by atoms with E-state index >= 15 is 0 Å². The Hall–Kier alpha value is 1.55. The second kappa shape index (κ2) is 3.30. The molecule has 0 aromatic carbocycles. The van der Waals surface area contributed by atoms with Gasteiger partial charge in [-0.25, -0.2) is 0 Å². The van der Waals surface area contributed by atoms with Crippen molar-refractivity contribution in [2.24, 2.45) is 0 Å². The van der Waals surface area contributed by atoms with Crippen LogP contribution in [0.25, 0.3) is 0 Å². The Kier molecular flexibility index (Phi) is 3.17. The summed E-state index contributed by atoms with van der Waals surface area (Å²) in [4.78, 5) is 17.1. The lowest BCUT2D eigenvalue weighted by molar-refractivity contribution is 0.377. The highest BCUT2D eigenvalue weighted by Crippen LogP contribution is 2.69. The highest BCUT2D eigenvalue weighted by Gasteiger charge is 2.34. The van der Waals surface area contributed by atoms with Crippen LogP contribution < -0.4 is 0 Å². The van der Waals surface area contributed by atoms with Crippen LogP contribution in [0.4, 0.5) is 0 Å². The molecule has 0 atom stereocenters. The fraction of sp³-hybridized carbons (Fsp3) is 1.00. The molecule has 8 heteroatoms. The topological polar surface area (TPSA) is 57.5 Å². The summed E-state index contributed by atoms with van der Waals surface area (Å²) in [7, 11) is 1.45. The Bertz CT molecular complexity index is 137. The van der Waals surface area contributed by atoms with Crippen LogP contribution in [0.15, 0.2) is 0 Å². The first kappa shape index (κ1) is 8.64. The largest absolute Gasteiger partial charge is 0.350 e. The Balaban J connectivity index is 2.52. The van der Waals surface area contributed by atoms with Crippen LogP contribution in [0.3, 0.4) is 0 Å². The van der Waals surface area contributed by atoms with Crippen molar-refractivity contribution in [3.8, 4) is 0 Å². The van der Waals surface area contributed by atoms with Crippen molar-refractivity contribution < 1.29 is 14.4 Å². The third-order valence-electron chi connectivity index (χ3n) is 0.546. The predicted octanol–water partition coefficient (Wildman–Crippen LogP) is 2.14. The summed E-state index contributed by atoms with van der Waals surface area (Å²) in [6.07, 6.45) is 0. The lowest BCUT2D eigenvalue weighted by Crippen LogP contribution is -1.90. The van der Waals surface area contributed by atoms with E-state index in [0.717, 1.165) is 0 Å². The molecule has 0 amide bonds. The van der Waals surface area contributed by atoms with Gasteiger partial charge < -0.3 is 9.79 Å². The zero-order valence-corrected chi connectivity index (χ0v) is 8.12. The number of rotatable bonds is 1. The SMILES string of the molecule is O=P(O)(O)C1SSSS1. The second-order valence-electron chi connectivity index (χ2n) is 1.22. The van der Waals surface area contributed by atoms with E-state index < -0.39 is 11.9 Å². The molecule has 1 heterocycles. The average molecular weight is 222 g/mol. The molecule has 0 aliphatic carbocycles. The van der Waals surface area contributed by atoms with Gasteiger partial charge in [-0.1, -0.05) is 21.6 Å². The second-order valence-corrected chi connectivity index (χ2v) is 9.94. The molecule has 0 aromatic rings. The Morgan fingerprint density at radius 1 is 1.22 bits per heavy atom. The summed E-state index contributed by atoms with van der Waals surface area (Å²) in [5.41, 5.74) is 0. The van der Waals surface area contributed by atoms with Crippen LogP contribution in [0.1, 0.15) is 0 Å². The molecule has 0 saturated carbocycles. The predicted molar refractivity (Wildman–Crippen MR) is 46.2 cm³/mol. The van der Waals surface area contributed by atoms with E-state index in [1.54, 1.807) is 0 Å². The number of hydrogen-bond donors (Lipinski definition) is 2. The molecule has 1 aliphatic rings.